The second-order valence-corrected chi connectivity index (χ2v) is 6.74. The van der Waals surface area contributed by atoms with E-state index in [-0.39, 0.29) is 24.8 Å². The minimum absolute atomic E-state index is 0. The van der Waals surface area contributed by atoms with Crippen LogP contribution in [0.5, 0.6) is 0 Å². The maximum absolute atomic E-state index is 3.53. The van der Waals surface area contributed by atoms with Gasteiger partial charge in [0.05, 0.1) is 0 Å². The lowest BCUT2D eigenvalue weighted by molar-refractivity contribution is 0.160. The zero-order valence-corrected chi connectivity index (χ0v) is 16.1. The van der Waals surface area contributed by atoms with Gasteiger partial charge in [0, 0.05) is 36.7 Å². The van der Waals surface area contributed by atoms with Crippen molar-refractivity contribution in [3.63, 3.8) is 0 Å². The lowest BCUT2D eigenvalue weighted by Crippen LogP contribution is -2.45. The minimum Gasteiger partial charge on any atom is -0.314 e. The van der Waals surface area contributed by atoms with Gasteiger partial charge in [0.1, 0.15) is 0 Å². The van der Waals surface area contributed by atoms with E-state index in [1.54, 1.807) is 0 Å². The van der Waals surface area contributed by atoms with E-state index in [0.717, 1.165) is 19.0 Å². The molecule has 2 nitrogen and oxygen atoms in total. The Morgan fingerprint density at radius 2 is 1.62 bits per heavy atom. The van der Waals surface area contributed by atoms with Gasteiger partial charge in [0.15, 0.2) is 0 Å². The Bertz CT molecular complexity index is 378. The van der Waals surface area contributed by atoms with Crippen molar-refractivity contribution in [1.82, 2.24) is 10.2 Å². The molecule has 0 radical (unpaired) electrons. The summed E-state index contributed by atoms with van der Waals surface area (Å²) in [5, 5.41) is 3.45. The van der Waals surface area contributed by atoms with E-state index < -0.39 is 0 Å². The van der Waals surface area contributed by atoms with Crippen LogP contribution in [0.4, 0.5) is 0 Å². The second-order valence-electron chi connectivity index (χ2n) is 5.82. The maximum Gasteiger partial charge on any atom is 0.0349 e. The summed E-state index contributed by atoms with van der Waals surface area (Å²) in [7, 11) is 0. The van der Waals surface area contributed by atoms with Gasteiger partial charge < -0.3 is 5.32 Å². The molecule has 0 bridgehead atoms. The van der Waals surface area contributed by atoms with Gasteiger partial charge in [-0.2, -0.15) is 0 Å². The molecule has 1 aliphatic rings. The van der Waals surface area contributed by atoms with Gasteiger partial charge >= 0.3 is 0 Å². The monoisotopic (exact) mass is 396 g/mol. The first-order chi connectivity index (χ1) is 9.16. The maximum atomic E-state index is 3.53. The van der Waals surface area contributed by atoms with Crippen LogP contribution < -0.4 is 5.32 Å². The molecule has 0 aromatic heterocycles. The number of halogens is 3. The molecule has 1 aromatic rings. The zero-order valence-electron chi connectivity index (χ0n) is 12.8. The second kappa shape index (κ2) is 10.8. The Kier molecular flexibility index (Phi) is 11.0. The molecule has 5 heteroatoms. The van der Waals surface area contributed by atoms with Crippen molar-refractivity contribution in [2.75, 3.05) is 26.2 Å². The number of rotatable bonds is 5. The Balaban J connectivity index is 0.00000200. The highest BCUT2D eigenvalue weighted by Gasteiger charge is 2.22. The molecule has 2 rings (SSSR count). The van der Waals surface area contributed by atoms with Gasteiger partial charge in [-0.15, -0.1) is 24.8 Å². The number of hydrogen-bond acceptors (Lipinski definition) is 2. The van der Waals surface area contributed by atoms with Crippen LogP contribution in [0.2, 0.25) is 0 Å². The summed E-state index contributed by atoms with van der Waals surface area (Å²) >= 11 is 3.53. The summed E-state index contributed by atoms with van der Waals surface area (Å²) in [5.74, 6) is 0.779. The van der Waals surface area contributed by atoms with E-state index >= 15 is 0 Å². The van der Waals surface area contributed by atoms with Gasteiger partial charge in [-0.25, -0.2) is 0 Å². The molecule has 1 heterocycles. The van der Waals surface area contributed by atoms with Crippen molar-refractivity contribution in [1.29, 1.82) is 0 Å². The predicted octanol–water partition coefficient (Wildman–Crippen LogP) is 4.68. The average molecular weight is 398 g/mol. The normalized spacial score (nSPS) is 17.0. The molecule has 1 aromatic carbocycles. The largest absolute Gasteiger partial charge is 0.314 e. The fraction of sp³-hybridized carbons (Fsp3) is 0.625. The van der Waals surface area contributed by atoms with E-state index in [9.17, 15) is 0 Å². The molecular formula is C16H27BrCl2N2. The van der Waals surface area contributed by atoms with Crippen LogP contribution in [0.3, 0.4) is 0 Å². The molecule has 1 saturated heterocycles. The number of benzene rings is 1. The third-order valence-corrected chi connectivity index (χ3v) is 4.39. The van der Waals surface area contributed by atoms with Crippen LogP contribution in [0, 0.1) is 5.92 Å². The van der Waals surface area contributed by atoms with Crippen molar-refractivity contribution >= 4 is 40.7 Å². The molecule has 0 aliphatic carbocycles. The van der Waals surface area contributed by atoms with Crippen LogP contribution in [-0.4, -0.2) is 31.1 Å². The first-order valence-electron chi connectivity index (χ1n) is 7.37. The van der Waals surface area contributed by atoms with Crippen molar-refractivity contribution < 1.29 is 0 Å². The fourth-order valence-corrected chi connectivity index (χ4v) is 2.99. The molecular weight excluding hydrogens is 371 g/mol. The summed E-state index contributed by atoms with van der Waals surface area (Å²) in [6.07, 6.45) is 2.56. The molecule has 1 N–H and O–H groups in total. The summed E-state index contributed by atoms with van der Waals surface area (Å²) in [5.41, 5.74) is 1.46. The van der Waals surface area contributed by atoms with Crippen molar-refractivity contribution in [3.8, 4) is 0 Å². The van der Waals surface area contributed by atoms with Crippen LogP contribution in [0.15, 0.2) is 28.7 Å². The highest BCUT2D eigenvalue weighted by molar-refractivity contribution is 9.10. The summed E-state index contributed by atoms with van der Waals surface area (Å²) in [4.78, 5) is 2.64. The SMILES string of the molecule is CC(C)CC[C@@H](c1ccc(Br)cc1)N1CCNCC1.Cl.Cl. The molecule has 1 aliphatic heterocycles. The first kappa shape index (κ1) is 21.2. The number of nitrogens with zero attached hydrogens (tertiary/aromatic N) is 1. The molecule has 1 atom stereocenters. The quantitative estimate of drug-likeness (QED) is 0.776. The topological polar surface area (TPSA) is 15.3 Å². The van der Waals surface area contributed by atoms with Crippen LogP contribution in [-0.2, 0) is 0 Å². The highest BCUT2D eigenvalue weighted by atomic mass is 79.9. The molecule has 0 spiro atoms. The van der Waals surface area contributed by atoms with Gasteiger partial charge in [0.2, 0.25) is 0 Å². The summed E-state index contributed by atoms with van der Waals surface area (Å²) < 4.78 is 1.17. The standard InChI is InChI=1S/C16H25BrN2.2ClH/c1-13(2)3-8-16(19-11-9-18-10-12-19)14-4-6-15(17)7-5-14;;/h4-7,13,16,18H,3,8-12H2,1-2H3;2*1H/t16-;;/m0../s1. The van der Waals surface area contributed by atoms with E-state index in [2.05, 4.69) is 64.3 Å². The Morgan fingerprint density at radius 1 is 1.05 bits per heavy atom. The van der Waals surface area contributed by atoms with Gasteiger partial charge in [0.25, 0.3) is 0 Å². The van der Waals surface area contributed by atoms with E-state index in [0.29, 0.717) is 6.04 Å². The Labute approximate surface area is 150 Å². The number of piperazine rings is 1. The van der Waals surface area contributed by atoms with Crippen molar-refractivity contribution in [2.45, 2.75) is 32.7 Å². The molecule has 0 unspecified atom stereocenters. The molecule has 122 valence electrons. The number of hydrogen-bond donors (Lipinski definition) is 1. The van der Waals surface area contributed by atoms with E-state index in [1.807, 2.05) is 0 Å². The van der Waals surface area contributed by atoms with Gasteiger partial charge in [-0.05, 0) is 36.5 Å². The first-order valence-corrected chi connectivity index (χ1v) is 8.16. The average Bonchev–Trinajstić information content (AvgIpc) is 2.42. The molecule has 1 fully saturated rings. The van der Waals surface area contributed by atoms with E-state index in [4.69, 9.17) is 0 Å². The van der Waals surface area contributed by atoms with Crippen molar-refractivity contribution in [2.24, 2.45) is 5.92 Å². The Morgan fingerprint density at radius 3 is 2.14 bits per heavy atom. The minimum atomic E-state index is 0. The van der Waals surface area contributed by atoms with Crippen LogP contribution >= 0.6 is 40.7 Å². The fourth-order valence-electron chi connectivity index (χ4n) is 2.73. The third-order valence-electron chi connectivity index (χ3n) is 3.86. The molecule has 21 heavy (non-hydrogen) atoms. The van der Waals surface area contributed by atoms with Crippen LogP contribution in [0.1, 0.15) is 38.3 Å². The highest BCUT2D eigenvalue weighted by Crippen LogP contribution is 2.28. The van der Waals surface area contributed by atoms with Gasteiger partial charge in [-0.1, -0.05) is 41.9 Å². The predicted molar refractivity (Wildman–Crippen MR) is 99.9 cm³/mol. The lowest BCUT2D eigenvalue weighted by Gasteiger charge is -2.35. The number of nitrogens with one attached hydrogen (secondary N) is 1. The van der Waals surface area contributed by atoms with Crippen LogP contribution in [0.25, 0.3) is 0 Å². The lowest BCUT2D eigenvalue weighted by atomic mass is 9.96. The molecule has 0 amide bonds. The summed E-state index contributed by atoms with van der Waals surface area (Å²) in [6, 6.07) is 9.46. The Hall–Kier alpha value is 0.200. The van der Waals surface area contributed by atoms with Gasteiger partial charge in [-0.3, -0.25) is 4.90 Å². The molecule has 0 saturated carbocycles. The van der Waals surface area contributed by atoms with Crippen molar-refractivity contribution in [3.05, 3.63) is 34.3 Å². The summed E-state index contributed by atoms with van der Waals surface area (Å²) in [6.45, 7) is 9.20. The zero-order chi connectivity index (χ0) is 13.7. The third kappa shape index (κ3) is 6.87. The smallest absolute Gasteiger partial charge is 0.0349 e. The van der Waals surface area contributed by atoms with E-state index in [1.165, 1.54) is 36.0 Å².